The third-order valence-electron chi connectivity index (χ3n) is 2.74. The Morgan fingerprint density at radius 3 is 1.81 bits per heavy atom. The van der Waals surface area contributed by atoms with Gasteiger partial charge in [0.15, 0.2) is 0 Å². The summed E-state index contributed by atoms with van der Waals surface area (Å²) in [6.45, 7) is 5.63. The van der Waals surface area contributed by atoms with Gasteiger partial charge in [-0.05, 0) is 32.0 Å². The highest BCUT2D eigenvalue weighted by Crippen LogP contribution is 2.10. The lowest BCUT2D eigenvalue weighted by atomic mass is 10.1. The van der Waals surface area contributed by atoms with Crippen molar-refractivity contribution in [2.75, 3.05) is 14.1 Å². The van der Waals surface area contributed by atoms with Crippen molar-refractivity contribution in [3.63, 3.8) is 0 Å². The summed E-state index contributed by atoms with van der Waals surface area (Å²) in [6, 6.07) is 8.64. The Bertz CT molecular complexity index is 306. The topological polar surface area (TPSA) is 6.48 Å². The number of halogens is 1. The molecule has 0 spiro atoms. The third kappa shape index (κ3) is 4.29. The first kappa shape index (κ1) is 13.1. The van der Waals surface area contributed by atoms with Crippen LogP contribution in [0.5, 0.6) is 0 Å². The van der Waals surface area contributed by atoms with Crippen LogP contribution in [0.15, 0.2) is 24.3 Å². The zero-order valence-electron chi connectivity index (χ0n) is 10.6. The van der Waals surface area contributed by atoms with Crippen molar-refractivity contribution in [1.29, 1.82) is 0 Å². The van der Waals surface area contributed by atoms with Gasteiger partial charge < -0.3 is 0 Å². The molecule has 2 nitrogen and oxygen atoms in total. The molecule has 1 aromatic rings. The minimum atomic E-state index is 0.348. The van der Waals surface area contributed by atoms with Crippen LogP contribution in [0, 0.1) is 0 Å². The molecule has 0 aromatic heterocycles. The fourth-order valence-corrected chi connectivity index (χ4v) is 1.47. The van der Waals surface area contributed by atoms with Crippen LogP contribution in [0.4, 0.5) is 4.48 Å². The average Bonchev–Trinajstić information content (AvgIpc) is 2.20. The highest BCUT2D eigenvalue weighted by molar-refractivity contribution is 5.22. The Balaban J connectivity index is 2.57. The highest BCUT2D eigenvalue weighted by atomic mass is 19.2. The van der Waals surface area contributed by atoms with E-state index in [4.69, 9.17) is 0 Å². The van der Waals surface area contributed by atoms with Crippen LogP contribution >= 0.6 is 0 Å². The quantitative estimate of drug-likeness (QED) is 0.710. The van der Waals surface area contributed by atoms with E-state index in [-0.39, 0.29) is 0 Å². The molecule has 3 heteroatoms. The number of nitrogens with zero attached hydrogens (tertiary/aromatic N) is 2. The maximum Gasteiger partial charge on any atom is 0.0537 e. The lowest BCUT2D eigenvalue weighted by Crippen LogP contribution is -2.25. The minimum Gasteiger partial charge on any atom is -0.300 e. The third-order valence-corrected chi connectivity index (χ3v) is 2.74. The summed E-state index contributed by atoms with van der Waals surface area (Å²) >= 11 is 0. The number of rotatable bonds is 5. The largest absolute Gasteiger partial charge is 0.300 e. The molecule has 90 valence electrons. The molecule has 0 heterocycles. The molecule has 1 rings (SSSR count). The van der Waals surface area contributed by atoms with E-state index in [9.17, 15) is 4.48 Å². The average molecular weight is 224 g/mol. The van der Waals surface area contributed by atoms with Crippen molar-refractivity contribution in [3.05, 3.63) is 35.4 Å². The molecule has 1 aromatic carbocycles. The molecule has 0 unspecified atom stereocenters. The first-order valence-corrected chi connectivity index (χ1v) is 5.64. The molecule has 0 atom stereocenters. The van der Waals surface area contributed by atoms with Crippen molar-refractivity contribution >= 4 is 0 Å². The van der Waals surface area contributed by atoms with Gasteiger partial charge in [-0.25, -0.2) is 0 Å². The molecule has 0 fully saturated rings. The van der Waals surface area contributed by atoms with Crippen molar-refractivity contribution in [2.24, 2.45) is 0 Å². The first-order valence-electron chi connectivity index (χ1n) is 5.64. The van der Waals surface area contributed by atoms with E-state index in [0.29, 0.717) is 17.7 Å². The zero-order chi connectivity index (χ0) is 12.1. The molecule has 0 saturated heterocycles. The smallest absolute Gasteiger partial charge is 0.0537 e. The van der Waals surface area contributed by atoms with E-state index in [1.54, 1.807) is 0 Å². The highest BCUT2D eigenvalue weighted by Gasteiger charge is 2.04. The van der Waals surface area contributed by atoms with Crippen LogP contribution in [0.3, 0.4) is 0 Å². The SMILES string of the molecule is CC(C)N(C)Cc1ccc(CN(C)F)cc1. The van der Waals surface area contributed by atoms with Crippen LogP contribution in [0.1, 0.15) is 25.0 Å². The molecule has 16 heavy (non-hydrogen) atoms. The fourth-order valence-electron chi connectivity index (χ4n) is 1.47. The minimum absolute atomic E-state index is 0.348. The van der Waals surface area contributed by atoms with Gasteiger partial charge in [0.1, 0.15) is 0 Å². The Kier molecular flexibility index (Phi) is 4.90. The molecular weight excluding hydrogens is 203 g/mol. The van der Waals surface area contributed by atoms with Gasteiger partial charge in [0.25, 0.3) is 0 Å². The maximum atomic E-state index is 12.6. The first-order chi connectivity index (χ1) is 7.49. The summed E-state index contributed by atoms with van der Waals surface area (Å²) in [4.78, 5) is 2.27. The van der Waals surface area contributed by atoms with Crippen LogP contribution < -0.4 is 0 Å². The normalized spacial score (nSPS) is 11.8. The van der Waals surface area contributed by atoms with Gasteiger partial charge >= 0.3 is 0 Å². The number of hydrogen-bond donors (Lipinski definition) is 0. The van der Waals surface area contributed by atoms with E-state index < -0.39 is 0 Å². The maximum absolute atomic E-state index is 12.6. The van der Waals surface area contributed by atoms with Gasteiger partial charge in [0.05, 0.1) is 6.54 Å². The standard InChI is InChI=1S/C13H21FN2/c1-11(2)15(3)9-12-5-7-13(8-6-12)10-16(4)14/h5-8,11H,9-10H2,1-4H3. The Morgan fingerprint density at radius 1 is 1.00 bits per heavy atom. The molecule has 0 amide bonds. The van der Waals surface area contributed by atoms with Crippen molar-refractivity contribution in [2.45, 2.75) is 33.0 Å². The van der Waals surface area contributed by atoms with Crippen LogP contribution in [0.25, 0.3) is 0 Å². The monoisotopic (exact) mass is 224 g/mol. The molecule has 0 radical (unpaired) electrons. The van der Waals surface area contributed by atoms with E-state index in [1.807, 2.05) is 12.1 Å². The number of benzene rings is 1. The second-order valence-corrected chi connectivity index (χ2v) is 4.59. The molecule has 0 saturated carbocycles. The lowest BCUT2D eigenvalue weighted by molar-refractivity contribution is 0.0506. The van der Waals surface area contributed by atoms with Gasteiger partial charge in [-0.3, -0.25) is 4.90 Å². The molecule has 0 aliphatic carbocycles. The van der Waals surface area contributed by atoms with Gasteiger partial charge in [-0.1, -0.05) is 24.3 Å². The Hall–Kier alpha value is -0.930. The predicted octanol–water partition coefficient (Wildman–Crippen LogP) is 2.84. The van der Waals surface area contributed by atoms with Crippen LogP contribution in [-0.4, -0.2) is 30.2 Å². The van der Waals surface area contributed by atoms with Gasteiger partial charge in [0, 0.05) is 19.6 Å². The zero-order valence-corrected chi connectivity index (χ0v) is 10.6. The summed E-state index contributed by atoms with van der Waals surface area (Å²) in [5, 5.41) is 0.690. The summed E-state index contributed by atoms with van der Waals surface area (Å²) in [5.41, 5.74) is 2.27. The van der Waals surface area contributed by atoms with Gasteiger partial charge in [0.2, 0.25) is 0 Å². The molecule has 0 aliphatic heterocycles. The van der Waals surface area contributed by atoms with E-state index >= 15 is 0 Å². The lowest BCUT2D eigenvalue weighted by Gasteiger charge is -2.21. The summed E-state index contributed by atoms with van der Waals surface area (Å²) in [5.74, 6) is 0. The Labute approximate surface area is 97.6 Å². The summed E-state index contributed by atoms with van der Waals surface area (Å²) in [7, 11) is 3.54. The molecular formula is C13H21FN2. The fraction of sp³-hybridized carbons (Fsp3) is 0.538. The van der Waals surface area contributed by atoms with Gasteiger partial charge in [-0.2, -0.15) is 0 Å². The summed E-state index contributed by atoms with van der Waals surface area (Å²) < 4.78 is 12.6. The van der Waals surface area contributed by atoms with E-state index in [2.05, 4.69) is 37.9 Å². The van der Waals surface area contributed by atoms with Gasteiger partial charge in [-0.15, -0.1) is 9.60 Å². The van der Waals surface area contributed by atoms with E-state index in [1.165, 1.54) is 12.6 Å². The molecule has 0 bridgehead atoms. The molecule has 0 N–H and O–H groups in total. The van der Waals surface area contributed by atoms with Crippen molar-refractivity contribution in [1.82, 2.24) is 10.0 Å². The van der Waals surface area contributed by atoms with Crippen molar-refractivity contribution < 1.29 is 4.48 Å². The van der Waals surface area contributed by atoms with Crippen LogP contribution in [-0.2, 0) is 13.1 Å². The summed E-state index contributed by atoms with van der Waals surface area (Å²) in [6.07, 6.45) is 0. The number of hydrogen-bond acceptors (Lipinski definition) is 2. The predicted molar refractivity (Wildman–Crippen MR) is 65.6 cm³/mol. The second-order valence-electron chi connectivity index (χ2n) is 4.59. The second kappa shape index (κ2) is 5.97. The van der Waals surface area contributed by atoms with Crippen molar-refractivity contribution in [3.8, 4) is 0 Å². The van der Waals surface area contributed by atoms with Crippen LogP contribution in [0.2, 0.25) is 0 Å². The Morgan fingerprint density at radius 2 is 1.44 bits per heavy atom. The van der Waals surface area contributed by atoms with E-state index in [0.717, 1.165) is 12.1 Å². The molecule has 0 aliphatic rings.